The van der Waals surface area contributed by atoms with Crippen molar-refractivity contribution in [1.82, 2.24) is 0 Å². The van der Waals surface area contributed by atoms with Crippen LogP contribution in [-0.2, 0) is 38.1 Å². The average molecular weight is 449 g/mol. The number of epoxide rings is 2. The van der Waals surface area contributed by atoms with Gasteiger partial charge in [0.05, 0.1) is 38.1 Å². The molecule has 6 unspecified atom stereocenters. The van der Waals surface area contributed by atoms with Gasteiger partial charge in [-0.15, -0.1) is 0 Å². The van der Waals surface area contributed by atoms with Crippen molar-refractivity contribution in [3.63, 3.8) is 0 Å². The molecule has 0 radical (unpaired) electrons. The van der Waals surface area contributed by atoms with Gasteiger partial charge in [0, 0.05) is 11.8 Å². The summed E-state index contributed by atoms with van der Waals surface area (Å²) in [6.07, 6.45) is 10.4. The topological polar surface area (TPSA) is 104 Å². The van der Waals surface area contributed by atoms with Crippen LogP contribution in [0.1, 0.15) is 32.6 Å². The number of hydrogen-bond acceptors (Lipinski definition) is 8. The Labute approximate surface area is 188 Å². The Hall–Kier alpha value is -2.19. The van der Waals surface area contributed by atoms with Gasteiger partial charge < -0.3 is 23.7 Å². The van der Waals surface area contributed by atoms with Gasteiger partial charge in [-0.2, -0.15) is 0 Å². The summed E-state index contributed by atoms with van der Waals surface area (Å²) in [4.78, 5) is 38.8. The highest BCUT2D eigenvalue weighted by Crippen LogP contribution is 2.39. The van der Waals surface area contributed by atoms with Crippen molar-refractivity contribution >= 4 is 17.9 Å². The Morgan fingerprint density at radius 3 is 2.09 bits per heavy atom. The minimum Gasteiger partial charge on any atom is -0.465 e. The molecule has 0 aromatic carbocycles. The maximum absolute atomic E-state index is 13.2. The third-order valence-corrected chi connectivity index (χ3v) is 6.19. The van der Waals surface area contributed by atoms with Gasteiger partial charge in [0.2, 0.25) is 0 Å². The Morgan fingerprint density at radius 2 is 1.53 bits per heavy atom. The van der Waals surface area contributed by atoms with Crippen molar-refractivity contribution in [2.45, 2.75) is 44.8 Å². The number of ether oxygens (including phenoxy) is 5. The minimum absolute atomic E-state index is 0.0165. The fourth-order valence-electron chi connectivity index (χ4n) is 3.93. The van der Waals surface area contributed by atoms with Gasteiger partial charge in [0.1, 0.15) is 25.4 Å². The number of allylic oxidation sites excluding steroid dienone is 4. The van der Waals surface area contributed by atoms with Gasteiger partial charge >= 0.3 is 17.9 Å². The summed E-state index contributed by atoms with van der Waals surface area (Å²) in [5.41, 5.74) is 0. The van der Waals surface area contributed by atoms with E-state index in [4.69, 9.17) is 23.7 Å². The molecule has 0 aromatic rings. The summed E-state index contributed by atoms with van der Waals surface area (Å²) < 4.78 is 26.6. The number of carbonyl (C=O) groups is 3. The van der Waals surface area contributed by atoms with Crippen LogP contribution >= 0.6 is 0 Å². The second-order valence-electron chi connectivity index (χ2n) is 9.02. The maximum atomic E-state index is 13.2. The van der Waals surface area contributed by atoms with E-state index in [2.05, 4.69) is 0 Å². The number of esters is 3. The summed E-state index contributed by atoms with van der Waals surface area (Å²) in [5, 5.41) is 0. The highest BCUT2D eigenvalue weighted by Gasteiger charge is 2.47. The minimum atomic E-state index is -0.841. The Kier molecular flexibility index (Phi) is 7.63. The lowest BCUT2D eigenvalue weighted by Gasteiger charge is -2.35. The number of rotatable bonds is 12. The van der Waals surface area contributed by atoms with Crippen LogP contribution in [0, 0.1) is 29.6 Å². The molecule has 3 fully saturated rings. The van der Waals surface area contributed by atoms with E-state index >= 15 is 0 Å². The summed E-state index contributed by atoms with van der Waals surface area (Å²) in [5.74, 6) is -3.35. The van der Waals surface area contributed by atoms with E-state index in [1.807, 2.05) is 31.2 Å². The molecule has 8 heteroatoms. The second kappa shape index (κ2) is 10.6. The monoisotopic (exact) mass is 448 g/mol. The van der Waals surface area contributed by atoms with Crippen LogP contribution in [0.2, 0.25) is 0 Å². The van der Waals surface area contributed by atoms with Gasteiger partial charge in [-0.25, -0.2) is 0 Å². The first-order valence-electron chi connectivity index (χ1n) is 11.6. The van der Waals surface area contributed by atoms with Gasteiger partial charge in [-0.1, -0.05) is 31.2 Å². The first-order valence-corrected chi connectivity index (χ1v) is 11.6. The number of carbonyl (C=O) groups excluding carboxylic acids is 3. The van der Waals surface area contributed by atoms with Gasteiger partial charge in [0.25, 0.3) is 0 Å². The van der Waals surface area contributed by atoms with Crippen LogP contribution in [-0.4, -0.2) is 63.2 Å². The first-order chi connectivity index (χ1) is 15.5. The third kappa shape index (κ3) is 6.65. The molecular weight excluding hydrogens is 416 g/mol. The Bertz CT molecular complexity index is 747. The van der Waals surface area contributed by atoms with Gasteiger partial charge in [-0.3, -0.25) is 14.4 Å². The maximum Gasteiger partial charge on any atom is 0.310 e. The van der Waals surface area contributed by atoms with Crippen molar-refractivity contribution in [3.8, 4) is 0 Å². The molecule has 6 atom stereocenters. The molecule has 2 aliphatic carbocycles. The van der Waals surface area contributed by atoms with E-state index < -0.39 is 29.7 Å². The lowest BCUT2D eigenvalue weighted by Crippen LogP contribution is -2.43. The fraction of sp³-hybridized carbons (Fsp3) is 0.708. The highest BCUT2D eigenvalue weighted by atomic mass is 16.6. The standard InChI is InChI=1S/C24H32O8/c1-2-3-4-16-7-8-17(9-20(25)30-10-15-5-6-15)22(24(27)32-14-19-12-29-19)21(16)23(26)31-13-18-11-28-18/h3-4,7-8,15-19,21-22H,2,5-6,9-14H2,1H3. The SMILES string of the molecule is CCC=CC1C=CC(CC(=O)OCC2CC2)C(C(=O)OCC2CO2)C1C(=O)OCC1CO1. The zero-order valence-corrected chi connectivity index (χ0v) is 18.5. The molecule has 1 saturated carbocycles. The van der Waals surface area contributed by atoms with E-state index in [1.165, 1.54) is 0 Å². The van der Waals surface area contributed by atoms with Crippen LogP contribution in [0.25, 0.3) is 0 Å². The van der Waals surface area contributed by atoms with Crippen molar-refractivity contribution in [2.24, 2.45) is 29.6 Å². The molecule has 0 N–H and O–H groups in total. The molecule has 0 spiro atoms. The lowest BCUT2D eigenvalue weighted by atomic mass is 9.69. The van der Waals surface area contributed by atoms with Crippen molar-refractivity contribution in [2.75, 3.05) is 33.0 Å². The second-order valence-corrected chi connectivity index (χ2v) is 9.02. The third-order valence-electron chi connectivity index (χ3n) is 6.19. The molecule has 0 aromatic heterocycles. The molecule has 2 aliphatic heterocycles. The van der Waals surface area contributed by atoms with Crippen molar-refractivity contribution < 1.29 is 38.1 Å². The Balaban J connectivity index is 1.51. The smallest absolute Gasteiger partial charge is 0.310 e. The normalized spacial score (nSPS) is 33.0. The van der Waals surface area contributed by atoms with E-state index in [9.17, 15) is 14.4 Å². The van der Waals surface area contributed by atoms with E-state index in [-0.39, 0.29) is 43.7 Å². The summed E-state index contributed by atoms with van der Waals surface area (Å²) in [6, 6.07) is 0. The van der Waals surface area contributed by atoms with Crippen LogP contribution in [0.15, 0.2) is 24.3 Å². The first kappa shape index (κ1) is 23.0. The summed E-state index contributed by atoms with van der Waals surface area (Å²) >= 11 is 0. The summed E-state index contributed by atoms with van der Waals surface area (Å²) in [7, 11) is 0. The molecule has 4 aliphatic rings. The van der Waals surface area contributed by atoms with Crippen LogP contribution < -0.4 is 0 Å². The molecule has 0 bridgehead atoms. The average Bonchev–Trinajstić information content (AvgIpc) is 3.64. The largest absolute Gasteiger partial charge is 0.465 e. The molecule has 32 heavy (non-hydrogen) atoms. The highest BCUT2D eigenvalue weighted by molar-refractivity contribution is 5.84. The quantitative estimate of drug-likeness (QED) is 0.194. The molecule has 0 amide bonds. The molecule has 4 rings (SSSR count). The molecular formula is C24H32O8. The fourth-order valence-corrected chi connectivity index (χ4v) is 3.93. The number of hydrogen-bond donors (Lipinski definition) is 0. The zero-order chi connectivity index (χ0) is 22.5. The molecule has 176 valence electrons. The summed E-state index contributed by atoms with van der Waals surface area (Å²) in [6.45, 7) is 3.85. The predicted octanol–water partition coefficient (Wildman–Crippen LogP) is 2.21. The molecule has 8 nitrogen and oxygen atoms in total. The van der Waals surface area contributed by atoms with Gasteiger partial charge in [-0.05, 0) is 25.2 Å². The van der Waals surface area contributed by atoms with Gasteiger partial charge in [0.15, 0.2) is 0 Å². The lowest BCUT2D eigenvalue weighted by molar-refractivity contribution is -0.166. The zero-order valence-electron chi connectivity index (χ0n) is 18.5. The molecule has 2 heterocycles. The van der Waals surface area contributed by atoms with E-state index in [0.29, 0.717) is 25.7 Å². The predicted molar refractivity (Wildman–Crippen MR) is 112 cm³/mol. The van der Waals surface area contributed by atoms with E-state index in [0.717, 1.165) is 19.3 Å². The van der Waals surface area contributed by atoms with Crippen LogP contribution in [0.5, 0.6) is 0 Å². The van der Waals surface area contributed by atoms with Crippen molar-refractivity contribution in [3.05, 3.63) is 24.3 Å². The van der Waals surface area contributed by atoms with Crippen LogP contribution in [0.3, 0.4) is 0 Å². The van der Waals surface area contributed by atoms with Crippen LogP contribution in [0.4, 0.5) is 0 Å². The Morgan fingerprint density at radius 1 is 0.906 bits per heavy atom. The molecule has 2 saturated heterocycles. The van der Waals surface area contributed by atoms with E-state index in [1.54, 1.807) is 0 Å². The van der Waals surface area contributed by atoms with Crippen molar-refractivity contribution in [1.29, 1.82) is 0 Å².